The van der Waals surface area contributed by atoms with Gasteiger partial charge in [-0.2, -0.15) is 0 Å². The first kappa shape index (κ1) is 27.9. The molecule has 3 heteroatoms. The molecule has 3 nitrogen and oxygen atoms in total. The molecule has 35 heavy (non-hydrogen) atoms. The summed E-state index contributed by atoms with van der Waals surface area (Å²) >= 11 is 0. The summed E-state index contributed by atoms with van der Waals surface area (Å²) in [4.78, 5) is 9.89. The smallest absolute Gasteiger partial charge is 0.211 e. The van der Waals surface area contributed by atoms with Crippen molar-refractivity contribution in [1.29, 1.82) is 0 Å². The number of allylic oxidation sites excluding steroid dienone is 6. The van der Waals surface area contributed by atoms with Crippen molar-refractivity contribution < 1.29 is 4.79 Å². The molecule has 0 unspecified atom stereocenters. The molecule has 2 aliphatic carbocycles. The maximum absolute atomic E-state index is 9.89. The third kappa shape index (κ3) is 7.85. The first-order chi connectivity index (χ1) is 17.1. The number of carbonyl (C=O) groups excluding carboxylic acids is 1. The van der Waals surface area contributed by atoms with Gasteiger partial charge in [-0.1, -0.05) is 74.9 Å². The summed E-state index contributed by atoms with van der Waals surface area (Å²) in [6.07, 6.45) is 23.4. The van der Waals surface area contributed by atoms with Crippen molar-refractivity contribution in [3.8, 4) is 5.69 Å². The molecule has 0 saturated carbocycles. The molecule has 1 aromatic carbocycles. The quantitative estimate of drug-likeness (QED) is 0.371. The average Bonchev–Trinajstić information content (AvgIpc) is 3.21. The van der Waals surface area contributed by atoms with Crippen LogP contribution in [0.5, 0.6) is 0 Å². The predicted octanol–water partition coefficient (Wildman–Crippen LogP) is 6.67. The number of benzene rings is 1. The van der Waals surface area contributed by atoms with Gasteiger partial charge in [-0.3, -0.25) is 4.79 Å². The Morgan fingerprint density at radius 1 is 1.03 bits per heavy atom. The summed E-state index contributed by atoms with van der Waals surface area (Å²) in [5, 5.41) is 5.32. The third-order valence-electron chi connectivity index (χ3n) is 5.98. The zero-order valence-corrected chi connectivity index (χ0v) is 22.4. The molecule has 1 N–H and O–H groups in total. The Bertz CT molecular complexity index is 1220. The highest BCUT2D eigenvalue weighted by molar-refractivity contribution is 5.61. The van der Waals surface area contributed by atoms with Gasteiger partial charge in [0.2, 0.25) is 6.41 Å². The summed E-state index contributed by atoms with van der Waals surface area (Å²) in [5.41, 5.74) is 7.47. The Balaban J connectivity index is 0.000000329. The van der Waals surface area contributed by atoms with Gasteiger partial charge in [0.1, 0.15) is 0 Å². The van der Waals surface area contributed by atoms with E-state index in [2.05, 4.69) is 92.2 Å². The van der Waals surface area contributed by atoms with E-state index in [9.17, 15) is 4.79 Å². The fourth-order valence-electron chi connectivity index (χ4n) is 4.35. The summed E-state index contributed by atoms with van der Waals surface area (Å²) < 4.78 is 2.41. The topological polar surface area (TPSA) is 34.0 Å². The molecule has 0 spiro atoms. The highest BCUT2D eigenvalue weighted by Crippen LogP contribution is 2.23. The number of hydrogen-bond donors (Lipinski definition) is 1. The number of rotatable bonds is 6. The second kappa shape index (κ2) is 14.8. The van der Waals surface area contributed by atoms with Crippen LogP contribution in [0.3, 0.4) is 0 Å². The van der Waals surface area contributed by atoms with E-state index in [-0.39, 0.29) is 0 Å². The third-order valence-corrected chi connectivity index (χ3v) is 5.98. The van der Waals surface area contributed by atoms with Crippen LogP contribution < -0.4 is 15.8 Å². The number of nitrogens with zero attached hydrogens (tertiary/aromatic N) is 1. The minimum Gasteiger partial charge on any atom is -0.329 e. The Kier molecular flexibility index (Phi) is 11.8. The van der Waals surface area contributed by atoms with Gasteiger partial charge in [-0.15, -0.1) is 0 Å². The molecular formula is C32H42N2O. The maximum Gasteiger partial charge on any atom is 0.211 e. The van der Waals surface area contributed by atoms with Crippen LogP contribution in [0.15, 0.2) is 65.9 Å². The Hall–Kier alpha value is -3.33. The number of aryl methyl sites for hydroxylation is 1. The van der Waals surface area contributed by atoms with Crippen molar-refractivity contribution >= 4 is 24.6 Å². The number of aromatic nitrogens is 1. The molecular weight excluding hydrogens is 428 g/mol. The summed E-state index contributed by atoms with van der Waals surface area (Å²) in [6, 6.07) is 9.19. The van der Waals surface area contributed by atoms with Crippen LogP contribution in [0, 0.1) is 6.92 Å². The Morgan fingerprint density at radius 2 is 1.74 bits per heavy atom. The largest absolute Gasteiger partial charge is 0.329 e. The summed E-state index contributed by atoms with van der Waals surface area (Å²) in [5.74, 6) is 0. The first-order valence-corrected chi connectivity index (χ1v) is 13.0. The molecule has 1 aromatic heterocycles. The predicted molar refractivity (Wildman–Crippen MR) is 153 cm³/mol. The van der Waals surface area contributed by atoms with Crippen LogP contribution in [0.1, 0.15) is 77.3 Å². The standard InChI is InChI=1S/C23H27N.C7H9NO.C2H6/c1-5-9-17(3)14-21-16-22(6-2)24(18(21)4)23-13-12-19-10-7-8-11-20(19)15-23;9-6-8-7-4-2-1-3-5-7;1-2/h5,9-16H,6-8H2,1-4H3;2,4-6H,1,3H2,(H,8,9);1-2H3/b9-5?,17-14-;;. The van der Waals surface area contributed by atoms with Crippen molar-refractivity contribution in [2.24, 2.45) is 0 Å². The van der Waals surface area contributed by atoms with E-state index in [0.717, 1.165) is 37.8 Å². The molecule has 0 atom stereocenters. The summed E-state index contributed by atoms with van der Waals surface area (Å²) in [6.45, 7) is 12.7. The number of hydrogen-bond acceptors (Lipinski definition) is 1. The average molecular weight is 471 g/mol. The lowest BCUT2D eigenvalue weighted by Gasteiger charge is -2.12. The fourth-order valence-corrected chi connectivity index (χ4v) is 4.35. The van der Waals surface area contributed by atoms with Crippen LogP contribution in [-0.2, 0) is 11.2 Å². The van der Waals surface area contributed by atoms with Crippen molar-refractivity contribution in [2.75, 3.05) is 0 Å². The molecule has 0 aliphatic heterocycles. The highest BCUT2D eigenvalue weighted by Gasteiger charge is 2.11. The molecule has 4 rings (SSSR count). The van der Waals surface area contributed by atoms with Gasteiger partial charge >= 0.3 is 0 Å². The van der Waals surface area contributed by atoms with Crippen LogP contribution in [-0.4, -0.2) is 11.0 Å². The summed E-state index contributed by atoms with van der Waals surface area (Å²) in [7, 11) is 0. The Labute approximate surface area is 212 Å². The van der Waals surface area contributed by atoms with E-state index in [0.29, 0.717) is 6.41 Å². The molecule has 1 heterocycles. The second-order valence-corrected chi connectivity index (χ2v) is 8.45. The van der Waals surface area contributed by atoms with Gasteiger partial charge in [0, 0.05) is 22.8 Å². The van der Waals surface area contributed by atoms with Crippen molar-refractivity contribution in [3.05, 3.63) is 93.3 Å². The van der Waals surface area contributed by atoms with Crippen molar-refractivity contribution in [1.82, 2.24) is 9.88 Å². The monoisotopic (exact) mass is 470 g/mol. The normalized spacial score (nSPS) is 14.3. The van der Waals surface area contributed by atoms with E-state index in [1.165, 1.54) is 38.6 Å². The lowest BCUT2D eigenvalue weighted by atomic mass is 10.1. The van der Waals surface area contributed by atoms with Gasteiger partial charge in [-0.25, -0.2) is 0 Å². The first-order valence-electron chi connectivity index (χ1n) is 13.0. The van der Waals surface area contributed by atoms with E-state index in [1.807, 2.05) is 32.1 Å². The highest BCUT2D eigenvalue weighted by atomic mass is 16.1. The molecule has 0 saturated heterocycles. The van der Waals surface area contributed by atoms with Crippen LogP contribution in [0.2, 0.25) is 0 Å². The molecule has 186 valence electrons. The van der Waals surface area contributed by atoms with Gasteiger partial charge in [0.25, 0.3) is 0 Å². The zero-order chi connectivity index (χ0) is 25.6. The number of nitrogens with one attached hydrogen (secondary N) is 1. The molecule has 2 aromatic rings. The van der Waals surface area contributed by atoms with Crippen molar-refractivity contribution in [2.45, 2.75) is 73.6 Å². The lowest BCUT2D eigenvalue weighted by molar-refractivity contribution is -0.108. The van der Waals surface area contributed by atoms with Crippen LogP contribution >= 0.6 is 0 Å². The van der Waals surface area contributed by atoms with E-state index >= 15 is 0 Å². The van der Waals surface area contributed by atoms with Crippen molar-refractivity contribution in [3.63, 3.8) is 0 Å². The second-order valence-electron chi connectivity index (χ2n) is 8.45. The van der Waals surface area contributed by atoms with Gasteiger partial charge < -0.3 is 9.88 Å². The minimum atomic E-state index is 0.696. The van der Waals surface area contributed by atoms with Crippen LogP contribution in [0.4, 0.5) is 0 Å². The SMILES string of the molecule is CC.CC=C/C(C)=C\c1cc(CC)n(-c2ccc3c(c2)=CCCC=3)c1C.O=CNC1=CCCC=C1. The zero-order valence-electron chi connectivity index (χ0n) is 22.4. The lowest BCUT2D eigenvalue weighted by Crippen LogP contribution is -2.27. The molecule has 0 radical (unpaired) electrons. The van der Waals surface area contributed by atoms with Gasteiger partial charge in [0.15, 0.2) is 0 Å². The number of carbonyl (C=O) groups is 1. The molecule has 2 aliphatic rings. The minimum absolute atomic E-state index is 0.696. The Morgan fingerprint density at radius 3 is 2.37 bits per heavy atom. The van der Waals surface area contributed by atoms with E-state index in [4.69, 9.17) is 0 Å². The van der Waals surface area contributed by atoms with Gasteiger partial charge in [-0.05, 0) is 93.2 Å². The fraction of sp³-hybridized carbons (Fsp3) is 0.344. The van der Waals surface area contributed by atoms with Gasteiger partial charge in [0.05, 0.1) is 0 Å². The maximum atomic E-state index is 9.89. The molecule has 0 bridgehead atoms. The van der Waals surface area contributed by atoms with E-state index in [1.54, 1.807) is 0 Å². The van der Waals surface area contributed by atoms with Crippen LogP contribution in [0.25, 0.3) is 23.9 Å². The molecule has 0 fully saturated rings. The molecule has 1 amide bonds. The number of fused-ring (bicyclic) bond motifs is 1. The number of amides is 1. The van der Waals surface area contributed by atoms with E-state index < -0.39 is 0 Å².